The molecule has 0 radical (unpaired) electrons. The van der Waals surface area contributed by atoms with E-state index in [2.05, 4.69) is 4.98 Å². The third kappa shape index (κ3) is 3.76. The van der Waals surface area contributed by atoms with Crippen molar-refractivity contribution in [3.05, 3.63) is 89.5 Å². The van der Waals surface area contributed by atoms with Crippen molar-refractivity contribution in [2.24, 2.45) is 0 Å². The summed E-state index contributed by atoms with van der Waals surface area (Å²) in [7, 11) is -3.29. The van der Waals surface area contributed by atoms with Gasteiger partial charge in [0.05, 0.1) is 15.6 Å². The molecular formula is C23H18ClFN2O2S. The van der Waals surface area contributed by atoms with Crippen molar-refractivity contribution in [2.45, 2.75) is 11.8 Å². The van der Waals surface area contributed by atoms with Crippen molar-refractivity contribution in [1.82, 2.24) is 9.55 Å². The second-order valence-electron chi connectivity index (χ2n) is 7.02. The van der Waals surface area contributed by atoms with E-state index in [1.807, 2.05) is 35.8 Å². The molecule has 0 aliphatic carbocycles. The van der Waals surface area contributed by atoms with Crippen LogP contribution >= 0.6 is 11.6 Å². The molecule has 0 saturated carbocycles. The summed E-state index contributed by atoms with van der Waals surface area (Å²) in [5, 5.41) is 0.0248. The smallest absolute Gasteiger partial charge is 0.175 e. The topological polar surface area (TPSA) is 52.0 Å². The van der Waals surface area contributed by atoms with E-state index in [9.17, 15) is 12.8 Å². The van der Waals surface area contributed by atoms with Crippen LogP contribution in [0.5, 0.6) is 0 Å². The normalized spacial score (nSPS) is 11.6. The fourth-order valence-electron chi connectivity index (χ4n) is 3.39. The van der Waals surface area contributed by atoms with E-state index in [1.165, 1.54) is 12.3 Å². The Bertz CT molecular complexity index is 1360. The molecule has 1 heterocycles. The van der Waals surface area contributed by atoms with E-state index in [0.717, 1.165) is 22.4 Å². The number of halogens is 2. The highest BCUT2D eigenvalue weighted by atomic mass is 35.5. The lowest BCUT2D eigenvalue weighted by atomic mass is 10.0. The van der Waals surface area contributed by atoms with Crippen LogP contribution < -0.4 is 0 Å². The minimum absolute atomic E-state index is 0.0248. The summed E-state index contributed by atoms with van der Waals surface area (Å²) in [5.74, 6) is 0.0379. The number of hydrogen-bond acceptors (Lipinski definition) is 3. The molecule has 3 aromatic carbocycles. The second-order valence-corrected chi connectivity index (χ2v) is 9.42. The minimum Gasteiger partial charge on any atom is -0.299 e. The molecule has 0 fully saturated rings. The third-order valence-electron chi connectivity index (χ3n) is 4.89. The Balaban J connectivity index is 1.78. The van der Waals surface area contributed by atoms with Gasteiger partial charge in [-0.1, -0.05) is 35.9 Å². The van der Waals surface area contributed by atoms with Gasteiger partial charge in [0.2, 0.25) is 0 Å². The van der Waals surface area contributed by atoms with E-state index in [-0.39, 0.29) is 9.92 Å². The first-order valence-electron chi connectivity index (χ1n) is 9.15. The molecule has 4 aromatic rings. The zero-order valence-corrected chi connectivity index (χ0v) is 17.9. The Morgan fingerprint density at radius 1 is 1.00 bits per heavy atom. The largest absolute Gasteiger partial charge is 0.299 e. The Morgan fingerprint density at radius 2 is 1.73 bits per heavy atom. The fraction of sp³-hybridized carbons (Fsp3) is 0.0870. The number of nitrogens with zero attached hydrogens (tertiary/aromatic N) is 2. The lowest BCUT2D eigenvalue weighted by Gasteiger charge is -2.14. The van der Waals surface area contributed by atoms with Crippen LogP contribution in [0.3, 0.4) is 0 Å². The maximum atomic E-state index is 13.9. The molecular weight excluding hydrogens is 423 g/mol. The molecule has 30 heavy (non-hydrogen) atoms. The van der Waals surface area contributed by atoms with Crippen LogP contribution in [0.15, 0.2) is 78.0 Å². The molecule has 0 atom stereocenters. The quantitative estimate of drug-likeness (QED) is 0.408. The lowest BCUT2D eigenvalue weighted by Crippen LogP contribution is -2.00. The minimum atomic E-state index is -3.29. The van der Waals surface area contributed by atoms with Crippen LogP contribution in [-0.2, 0) is 9.84 Å². The number of rotatable bonds is 4. The van der Waals surface area contributed by atoms with Gasteiger partial charge >= 0.3 is 0 Å². The first kappa shape index (κ1) is 20.3. The highest BCUT2D eigenvalue weighted by Gasteiger charge is 2.15. The third-order valence-corrected chi connectivity index (χ3v) is 6.38. The summed E-state index contributed by atoms with van der Waals surface area (Å²) in [6, 6.07) is 17.3. The molecule has 0 spiro atoms. The summed E-state index contributed by atoms with van der Waals surface area (Å²) >= 11 is 6.16. The number of sulfone groups is 1. The fourth-order valence-corrected chi connectivity index (χ4v) is 4.26. The zero-order chi connectivity index (χ0) is 21.5. The number of benzene rings is 3. The predicted octanol–water partition coefficient (Wildman–Crippen LogP) is 5.71. The maximum absolute atomic E-state index is 13.9. The Labute approximate surface area is 179 Å². The summed E-state index contributed by atoms with van der Waals surface area (Å²) in [5.41, 5.74) is 4.03. The molecule has 0 bridgehead atoms. The summed E-state index contributed by atoms with van der Waals surface area (Å²) in [4.78, 5) is 4.65. The van der Waals surface area contributed by atoms with Crippen molar-refractivity contribution in [2.75, 3.05) is 6.26 Å². The van der Waals surface area contributed by atoms with Gasteiger partial charge < -0.3 is 0 Å². The number of aromatic nitrogens is 2. The first-order valence-corrected chi connectivity index (χ1v) is 11.4. The highest BCUT2D eigenvalue weighted by molar-refractivity contribution is 7.90. The van der Waals surface area contributed by atoms with Crippen LogP contribution in [0, 0.1) is 12.7 Å². The Kier molecular flexibility index (Phi) is 5.22. The molecule has 152 valence electrons. The molecule has 0 amide bonds. The number of aryl methyl sites for hydroxylation is 1. The van der Waals surface area contributed by atoms with E-state index >= 15 is 0 Å². The average Bonchev–Trinajstić information content (AvgIpc) is 3.18. The number of hydrogen-bond donors (Lipinski definition) is 0. The van der Waals surface area contributed by atoms with Gasteiger partial charge in [0.1, 0.15) is 11.6 Å². The van der Waals surface area contributed by atoms with Gasteiger partial charge in [0, 0.05) is 24.2 Å². The van der Waals surface area contributed by atoms with E-state index in [1.54, 1.807) is 42.7 Å². The first-order chi connectivity index (χ1) is 14.3. The van der Waals surface area contributed by atoms with Gasteiger partial charge in [-0.2, -0.15) is 0 Å². The van der Waals surface area contributed by atoms with Crippen molar-refractivity contribution < 1.29 is 12.8 Å². The SMILES string of the molecule is Cc1cc(-c2cccc(S(C)(=O)=O)c2)ccc1-n1ccnc1-c1cccc(F)c1Cl. The van der Waals surface area contributed by atoms with Crippen LogP contribution in [0.1, 0.15) is 5.56 Å². The average molecular weight is 441 g/mol. The second kappa shape index (κ2) is 7.70. The van der Waals surface area contributed by atoms with E-state index in [0.29, 0.717) is 11.4 Å². The van der Waals surface area contributed by atoms with Crippen LogP contribution in [-0.4, -0.2) is 24.2 Å². The summed E-state index contributed by atoms with van der Waals surface area (Å²) < 4.78 is 39.5. The summed E-state index contributed by atoms with van der Waals surface area (Å²) in [6.07, 6.45) is 4.63. The maximum Gasteiger partial charge on any atom is 0.175 e. The molecule has 1 aromatic heterocycles. The molecule has 4 nitrogen and oxygen atoms in total. The van der Waals surface area contributed by atoms with Crippen LogP contribution in [0.4, 0.5) is 4.39 Å². The van der Waals surface area contributed by atoms with Crippen LogP contribution in [0.2, 0.25) is 5.02 Å². The Morgan fingerprint density at radius 3 is 2.47 bits per heavy atom. The molecule has 0 saturated heterocycles. The molecule has 7 heteroatoms. The van der Waals surface area contributed by atoms with Crippen molar-refractivity contribution in [3.8, 4) is 28.2 Å². The van der Waals surface area contributed by atoms with Gasteiger partial charge in [-0.25, -0.2) is 17.8 Å². The molecule has 0 aliphatic heterocycles. The van der Waals surface area contributed by atoms with Crippen molar-refractivity contribution >= 4 is 21.4 Å². The van der Waals surface area contributed by atoms with Gasteiger partial charge in [-0.05, 0) is 60.0 Å². The van der Waals surface area contributed by atoms with E-state index in [4.69, 9.17) is 11.6 Å². The van der Waals surface area contributed by atoms with Crippen molar-refractivity contribution in [1.29, 1.82) is 0 Å². The Hall–Kier alpha value is -2.96. The summed E-state index contributed by atoms with van der Waals surface area (Å²) in [6.45, 7) is 1.95. The van der Waals surface area contributed by atoms with Gasteiger partial charge in [0.15, 0.2) is 9.84 Å². The van der Waals surface area contributed by atoms with Gasteiger partial charge in [-0.15, -0.1) is 0 Å². The number of imidazole rings is 1. The van der Waals surface area contributed by atoms with Gasteiger partial charge in [-0.3, -0.25) is 4.57 Å². The molecule has 0 aliphatic rings. The monoisotopic (exact) mass is 440 g/mol. The standard InChI is InChI=1S/C23H18ClFN2O2S/c1-15-13-17(16-5-3-6-18(14-16)30(2,28)29)9-10-21(15)27-12-11-26-23(27)19-7-4-8-20(25)22(19)24/h3-14H,1-2H3. The molecule has 4 rings (SSSR count). The zero-order valence-electron chi connectivity index (χ0n) is 16.3. The highest BCUT2D eigenvalue weighted by Crippen LogP contribution is 2.32. The lowest BCUT2D eigenvalue weighted by molar-refractivity contribution is 0.602. The van der Waals surface area contributed by atoms with Crippen LogP contribution in [0.25, 0.3) is 28.2 Å². The van der Waals surface area contributed by atoms with E-state index < -0.39 is 15.7 Å². The predicted molar refractivity (Wildman–Crippen MR) is 117 cm³/mol. The molecule has 0 N–H and O–H groups in total. The molecule has 0 unspecified atom stereocenters. The van der Waals surface area contributed by atoms with Gasteiger partial charge in [0.25, 0.3) is 0 Å². The van der Waals surface area contributed by atoms with Crippen molar-refractivity contribution in [3.63, 3.8) is 0 Å².